The van der Waals surface area contributed by atoms with Crippen LogP contribution < -0.4 is 4.74 Å². The zero-order valence-corrected chi connectivity index (χ0v) is 11.4. The monoisotopic (exact) mass is 282 g/mol. The predicted molar refractivity (Wildman–Crippen MR) is 66.4 cm³/mol. The molecule has 0 N–H and O–H groups in total. The van der Waals surface area contributed by atoms with Gasteiger partial charge >= 0.3 is 11.9 Å². The van der Waals surface area contributed by atoms with Gasteiger partial charge in [-0.15, -0.1) is 0 Å². The van der Waals surface area contributed by atoms with Gasteiger partial charge in [-0.2, -0.15) is 0 Å². The number of halogens is 1. The summed E-state index contributed by atoms with van der Waals surface area (Å²) in [5.74, 6) is -4.02. The van der Waals surface area contributed by atoms with Gasteiger partial charge in [0.15, 0.2) is 5.92 Å². The normalized spacial score (nSPS) is 18.4. The molecule has 1 aliphatic rings. The summed E-state index contributed by atoms with van der Waals surface area (Å²) < 4.78 is 28.7. The second-order valence-electron chi connectivity index (χ2n) is 4.96. The molecule has 0 atom stereocenters. The summed E-state index contributed by atoms with van der Waals surface area (Å²) in [7, 11) is 1.42. The molecule has 0 aliphatic carbocycles. The van der Waals surface area contributed by atoms with Crippen molar-refractivity contribution in [3.63, 3.8) is 0 Å². The maximum atomic E-state index is 13.8. The summed E-state index contributed by atoms with van der Waals surface area (Å²) in [6.45, 7) is 2.93. The van der Waals surface area contributed by atoms with Crippen LogP contribution in [0.5, 0.6) is 5.75 Å². The SMILES string of the molecule is COc1ccc(CC2C(=O)OC(C)(C)OC2=O)c(F)c1. The van der Waals surface area contributed by atoms with Gasteiger partial charge < -0.3 is 14.2 Å². The van der Waals surface area contributed by atoms with Crippen molar-refractivity contribution in [2.45, 2.75) is 26.1 Å². The fraction of sp³-hybridized carbons (Fsp3) is 0.429. The number of hydrogen-bond acceptors (Lipinski definition) is 5. The molecule has 108 valence electrons. The smallest absolute Gasteiger partial charge is 0.323 e. The molecular formula is C14H15FO5. The molecule has 1 heterocycles. The highest BCUT2D eigenvalue weighted by Gasteiger charge is 2.43. The minimum atomic E-state index is -1.27. The van der Waals surface area contributed by atoms with E-state index in [0.29, 0.717) is 5.75 Å². The maximum Gasteiger partial charge on any atom is 0.323 e. The quantitative estimate of drug-likeness (QED) is 0.625. The molecule has 1 aromatic rings. The average Bonchev–Trinajstić information content (AvgIpc) is 2.34. The summed E-state index contributed by atoms with van der Waals surface area (Å²) >= 11 is 0. The Kier molecular flexibility index (Phi) is 3.65. The molecule has 6 heteroatoms. The lowest BCUT2D eigenvalue weighted by Gasteiger charge is -2.32. The summed E-state index contributed by atoms with van der Waals surface area (Å²) in [5, 5.41) is 0. The van der Waals surface area contributed by atoms with E-state index in [-0.39, 0.29) is 12.0 Å². The van der Waals surface area contributed by atoms with E-state index < -0.39 is 29.5 Å². The first-order valence-corrected chi connectivity index (χ1v) is 6.10. The lowest BCUT2D eigenvalue weighted by Crippen LogP contribution is -2.47. The molecule has 0 saturated carbocycles. The second kappa shape index (κ2) is 5.11. The van der Waals surface area contributed by atoms with Crippen molar-refractivity contribution in [2.24, 2.45) is 5.92 Å². The molecule has 0 unspecified atom stereocenters. The molecule has 1 aromatic carbocycles. The zero-order valence-electron chi connectivity index (χ0n) is 11.4. The first-order chi connectivity index (χ1) is 9.32. The van der Waals surface area contributed by atoms with E-state index >= 15 is 0 Å². The molecule has 0 amide bonds. The predicted octanol–water partition coefficient (Wildman–Crippen LogP) is 1.83. The van der Waals surface area contributed by atoms with Crippen LogP contribution in [-0.4, -0.2) is 24.8 Å². The summed E-state index contributed by atoms with van der Waals surface area (Å²) in [6.07, 6.45) is -0.108. The fourth-order valence-corrected chi connectivity index (χ4v) is 1.95. The zero-order chi connectivity index (χ0) is 14.9. The largest absolute Gasteiger partial charge is 0.497 e. The minimum absolute atomic E-state index is 0.108. The van der Waals surface area contributed by atoms with Crippen molar-refractivity contribution in [3.05, 3.63) is 29.6 Å². The van der Waals surface area contributed by atoms with Gasteiger partial charge in [0.25, 0.3) is 5.79 Å². The van der Waals surface area contributed by atoms with Crippen molar-refractivity contribution in [1.29, 1.82) is 0 Å². The fourth-order valence-electron chi connectivity index (χ4n) is 1.95. The third-order valence-electron chi connectivity index (χ3n) is 2.95. The number of esters is 2. The molecule has 5 nitrogen and oxygen atoms in total. The van der Waals surface area contributed by atoms with Crippen LogP contribution in [0.15, 0.2) is 18.2 Å². The Bertz CT molecular complexity index is 532. The Hall–Kier alpha value is -2.11. The van der Waals surface area contributed by atoms with Gasteiger partial charge in [0.1, 0.15) is 11.6 Å². The van der Waals surface area contributed by atoms with E-state index in [4.69, 9.17) is 14.2 Å². The Morgan fingerprint density at radius 3 is 2.35 bits per heavy atom. The van der Waals surface area contributed by atoms with E-state index in [1.165, 1.54) is 33.1 Å². The van der Waals surface area contributed by atoms with Crippen LogP contribution in [0, 0.1) is 11.7 Å². The molecule has 1 aliphatic heterocycles. The lowest BCUT2D eigenvalue weighted by molar-refractivity contribution is -0.239. The highest BCUT2D eigenvalue weighted by molar-refractivity contribution is 5.96. The second-order valence-corrected chi connectivity index (χ2v) is 4.96. The molecule has 0 bridgehead atoms. The van der Waals surface area contributed by atoms with Crippen LogP contribution >= 0.6 is 0 Å². The van der Waals surface area contributed by atoms with E-state index in [1.807, 2.05) is 0 Å². The van der Waals surface area contributed by atoms with Crippen LogP contribution in [0.3, 0.4) is 0 Å². The van der Waals surface area contributed by atoms with Gasteiger partial charge in [-0.25, -0.2) is 4.39 Å². The number of rotatable bonds is 3. The number of hydrogen-bond donors (Lipinski definition) is 0. The first-order valence-electron chi connectivity index (χ1n) is 6.10. The van der Waals surface area contributed by atoms with Gasteiger partial charge in [0, 0.05) is 19.9 Å². The standard InChI is InChI=1S/C14H15FO5/c1-14(2)19-12(16)10(13(17)20-14)6-8-4-5-9(18-3)7-11(8)15/h4-5,7,10H,6H2,1-3H3. The third-order valence-corrected chi connectivity index (χ3v) is 2.95. The number of ether oxygens (including phenoxy) is 3. The number of carbonyl (C=O) groups is 2. The van der Waals surface area contributed by atoms with Crippen LogP contribution in [-0.2, 0) is 25.5 Å². The highest BCUT2D eigenvalue weighted by atomic mass is 19.1. The minimum Gasteiger partial charge on any atom is -0.497 e. The van der Waals surface area contributed by atoms with E-state index in [0.717, 1.165) is 0 Å². The number of methoxy groups -OCH3 is 1. The Balaban J connectivity index is 2.18. The number of cyclic esters (lactones) is 2. The van der Waals surface area contributed by atoms with Crippen molar-refractivity contribution in [1.82, 2.24) is 0 Å². The molecule has 20 heavy (non-hydrogen) atoms. The van der Waals surface area contributed by atoms with E-state index in [2.05, 4.69) is 0 Å². The Morgan fingerprint density at radius 2 is 1.85 bits per heavy atom. The van der Waals surface area contributed by atoms with Crippen molar-refractivity contribution in [2.75, 3.05) is 7.11 Å². The van der Waals surface area contributed by atoms with Gasteiger partial charge in [-0.1, -0.05) is 6.07 Å². The van der Waals surface area contributed by atoms with Crippen LogP contribution in [0.25, 0.3) is 0 Å². The highest BCUT2D eigenvalue weighted by Crippen LogP contribution is 2.27. The van der Waals surface area contributed by atoms with Gasteiger partial charge in [0.2, 0.25) is 0 Å². The van der Waals surface area contributed by atoms with Crippen molar-refractivity contribution in [3.8, 4) is 5.75 Å². The van der Waals surface area contributed by atoms with Crippen LogP contribution in [0.1, 0.15) is 19.4 Å². The molecule has 0 aromatic heterocycles. The molecule has 2 rings (SSSR count). The first kappa shape index (κ1) is 14.3. The molecule has 0 radical (unpaired) electrons. The van der Waals surface area contributed by atoms with Crippen molar-refractivity contribution >= 4 is 11.9 Å². The van der Waals surface area contributed by atoms with Crippen LogP contribution in [0.2, 0.25) is 0 Å². The number of carbonyl (C=O) groups excluding carboxylic acids is 2. The maximum absolute atomic E-state index is 13.8. The van der Waals surface area contributed by atoms with E-state index in [1.54, 1.807) is 6.07 Å². The summed E-state index contributed by atoms with van der Waals surface area (Å²) in [6, 6.07) is 4.22. The summed E-state index contributed by atoms with van der Waals surface area (Å²) in [4.78, 5) is 23.6. The third kappa shape index (κ3) is 2.89. The van der Waals surface area contributed by atoms with Gasteiger partial charge in [-0.05, 0) is 18.1 Å². The number of benzene rings is 1. The van der Waals surface area contributed by atoms with E-state index in [9.17, 15) is 14.0 Å². The topological polar surface area (TPSA) is 61.8 Å². The Morgan fingerprint density at radius 1 is 1.25 bits per heavy atom. The van der Waals surface area contributed by atoms with Gasteiger partial charge in [0.05, 0.1) is 7.11 Å². The molecular weight excluding hydrogens is 267 g/mol. The summed E-state index contributed by atoms with van der Waals surface area (Å²) in [5.41, 5.74) is 0.226. The Labute approximate surface area is 115 Å². The molecule has 1 fully saturated rings. The average molecular weight is 282 g/mol. The van der Waals surface area contributed by atoms with Crippen LogP contribution in [0.4, 0.5) is 4.39 Å². The molecule has 0 spiro atoms. The lowest BCUT2D eigenvalue weighted by atomic mass is 9.98. The molecule has 1 saturated heterocycles. The van der Waals surface area contributed by atoms with Crippen molar-refractivity contribution < 1.29 is 28.2 Å². The van der Waals surface area contributed by atoms with Gasteiger partial charge in [-0.3, -0.25) is 9.59 Å².